The summed E-state index contributed by atoms with van der Waals surface area (Å²) in [6.07, 6.45) is 0. The van der Waals surface area contributed by atoms with Crippen molar-refractivity contribution in [3.05, 3.63) is 83.4 Å². The number of sulfonamides is 1. The van der Waals surface area contributed by atoms with Crippen molar-refractivity contribution in [3.8, 4) is 11.5 Å². The van der Waals surface area contributed by atoms with E-state index in [1.807, 2.05) is 38.1 Å². The van der Waals surface area contributed by atoms with E-state index in [2.05, 4.69) is 5.32 Å². The molecule has 0 aliphatic carbocycles. The van der Waals surface area contributed by atoms with Gasteiger partial charge in [0, 0.05) is 5.02 Å². The van der Waals surface area contributed by atoms with Crippen LogP contribution in [0.3, 0.4) is 0 Å². The normalized spacial score (nSPS) is 12.0. The van der Waals surface area contributed by atoms with E-state index in [4.69, 9.17) is 21.1 Å². The molecule has 0 fully saturated rings. The van der Waals surface area contributed by atoms with Crippen LogP contribution in [0.5, 0.6) is 11.5 Å². The first-order chi connectivity index (χ1) is 16.2. The van der Waals surface area contributed by atoms with Gasteiger partial charge in [-0.05, 0) is 80.1 Å². The molecule has 9 heteroatoms. The van der Waals surface area contributed by atoms with Gasteiger partial charge in [0.1, 0.15) is 18.0 Å². The van der Waals surface area contributed by atoms with Gasteiger partial charge in [-0.1, -0.05) is 23.7 Å². The Morgan fingerprint density at radius 3 is 2.12 bits per heavy atom. The van der Waals surface area contributed by atoms with Gasteiger partial charge in [0.15, 0.2) is 0 Å². The number of amides is 1. The fourth-order valence-electron chi connectivity index (χ4n) is 3.32. The van der Waals surface area contributed by atoms with Crippen molar-refractivity contribution in [1.29, 1.82) is 0 Å². The molecule has 0 bridgehead atoms. The summed E-state index contributed by atoms with van der Waals surface area (Å²) >= 11 is 5.98. The van der Waals surface area contributed by atoms with E-state index < -0.39 is 22.5 Å². The predicted octanol–water partition coefficient (Wildman–Crippen LogP) is 4.82. The number of nitrogens with one attached hydrogen (secondary N) is 1. The third-order valence-corrected chi connectivity index (χ3v) is 7.16. The lowest BCUT2D eigenvalue weighted by atomic mass is 10.1. The molecule has 0 saturated carbocycles. The number of hydrogen-bond acceptors (Lipinski definition) is 5. The molecule has 1 amide bonds. The van der Waals surface area contributed by atoms with Crippen LogP contribution < -0.4 is 19.1 Å². The summed E-state index contributed by atoms with van der Waals surface area (Å²) in [4.78, 5) is 13.0. The Morgan fingerprint density at radius 1 is 0.971 bits per heavy atom. The number of ether oxygens (including phenoxy) is 2. The first-order valence-corrected chi connectivity index (χ1v) is 12.5. The topological polar surface area (TPSA) is 84.9 Å². The lowest BCUT2D eigenvalue weighted by molar-refractivity contribution is -0.120. The number of halogens is 1. The lowest BCUT2D eigenvalue weighted by Gasteiger charge is -2.25. The number of carbonyl (C=O) groups excluding carboxylic acids is 1. The zero-order valence-corrected chi connectivity index (χ0v) is 20.8. The molecule has 1 atom stereocenters. The monoisotopic (exact) mass is 502 g/mol. The summed E-state index contributed by atoms with van der Waals surface area (Å²) in [5.74, 6) is 0.816. The van der Waals surface area contributed by atoms with Crippen LogP contribution in [-0.2, 0) is 14.8 Å². The van der Waals surface area contributed by atoms with Crippen molar-refractivity contribution in [2.24, 2.45) is 0 Å². The number of hydrogen-bond donors (Lipinski definition) is 1. The van der Waals surface area contributed by atoms with Crippen LogP contribution in [-0.4, -0.2) is 34.6 Å². The van der Waals surface area contributed by atoms with Gasteiger partial charge in [-0.15, -0.1) is 0 Å². The summed E-state index contributed by atoms with van der Waals surface area (Å²) < 4.78 is 38.6. The average molecular weight is 503 g/mol. The van der Waals surface area contributed by atoms with Gasteiger partial charge < -0.3 is 14.8 Å². The second kappa shape index (κ2) is 11.3. The summed E-state index contributed by atoms with van der Waals surface area (Å²) in [5.41, 5.74) is 1.19. The minimum Gasteiger partial charge on any atom is -0.497 e. The van der Waals surface area contributed by atoms with Crippen molar-refractivity contribution >= 4 is 33.2 Å². The number of anilines is 1. The molecule has 1 unspecified atom stereocenters. The molecule has 0 saturated heterocycles. The molecule has 0 aromatic heterocycles. The highest BCUT2D eigenvalue weighted by atomic mass is 35.5. The second-order valence-corrected chi connectivity index (χ2v) is 9.75. The highest BCUT2D eigenvalue weighted by Crippen LogP contribution is 2.26. The number of nitrogens with zero attached hydrogens (tertiary/aromatic N) is 1. The molecule has 1 N–H and O–H groups in total. The van der Waals surface area contributed by atoms with E-state index in [0.29, 0.717) is 23.1 Å². The summed E-state index contributed by atoms with van der Waals surface area (Å²) in [7, 11) is -2.54. The summed E-state index contributed by atoms with van der Waals surface area (Å²) in [6, 6.07) is 19.3. The van der Waals surface area contributed by atoms with E-state index in [1.54, 1.807) is 36.4 Å². The molecule has 7 nitrogen and oxygen atoms in total. The Hall–Kier alpha value is -3.23. The van der Waals surface area contributed by atoms with Crippen molar-refractivity contribution in [1.82, 2.24) is 5.32 Å². The summed E-state index contributed by atoms with van der Waals surface area (Å²) in [5, 5.41) is 3.33. The van der Waals surface area contributed by atoms with E-state index in [9.17, 15) is 13.2 Å². The van der Waals surface area contributed by atoms with Crippen LogP contribution in [0.2, 0.25) is 5.02 Å². The van der Waals surface area contributed by atoms with Gasteiger partial charge in [0.2, 0.25) is 5.91 Å². The lowest BCUT2D eigenvalue weighted by Crippen LogP contribution is -2.41. The standard InChI is InChI=1S/C25H27ClN2O5S/c1-4-33-23-11-5-19(6-12-23)18(2)27-25(29)17-28(21-9-7-20(26)8-10-21)34(30,31)24-15-13-22(32-3)14-16-24/h5-16,18H,4,17H2,1-3H3,(H,27,29). The number of benzene rings is 3. The van der Waals surface area contributed by atoms with Crippen LogP contribution in [0.25, 0.3) is 0 Å². The van der Waals surface area contributed by atoms with Crippen LogP contribution in [0.4, 0.5) is 5.69 Å². The minimum absolute atomic E-state index is 0.0376. The van der Waals surface area contributed by atoms with Gasteiger partial charge in [-0.2, -0.15) is 0 Å². The SMILES string of the molecule is CCOc1ccc(C(C)NC(=O)CN(c2ccc(Cl)cc2)S(=O)(=O)c2ccc(OC)cc2)cc1. The Bertz CT molecular complexity index is 1200. The Balaban J connectivity index is 1.83. The van der Waals surface area contributed by atoms with E-state index in [-0.39, 0.29) is 10.9 Å². The fraction of sp³-hybridized carbons (Fsp3) is 0.240. The van der Waals surface area contributed by atoms with Gasteiger partial charge in [-0.3, -0.25) is 9.10 Å². The fourth-order valence-corrected chi connectivity index (χ4v) is 4.86. The van der Waals surface area contributed by atoms with Crippen LogP contribution >= 0.6 is 11.6 Å². The second-order valence-electron chi connectivity index (χ2n) is 7.45. The zero-order valence-electron chi connectivity index (χ0n) is 19.2. The van der Waals surface area contributed by atoms with E-state index in [1.165, 1.54) is 19.2 Å². The van der Waals surface area contributed by atoms with Crippen LogP contribution in [0.1, 0.15) is 25.5 Å². The zero-order chi connectivity index (χ0) is 24.7. The Labute approximate surface area is 205 Å². The maximum absolute atomic E-state index is 13.5. The van der Waals surface area contributed by atoms with E-state index >= 15 is 0 Å². The van der Waals surface area contributed by atoms with Crippen molar-refractivity contribution in [3.63, 3.8) is 0 Å². The molecule has 3 aromatic carbocycles. The van der Waals surface area contributed by atoms with Crippen LogP contribution in [0.15, 0.2) is 77.7 Å². The Morgan fingerprint density at radius 2 is 1.56 bits per heavy atom. The smallest absolute Gasteiger partial charge is 0.264 e. The molecule has 0 aliphatic rings. The predicted molar refractivity (Wildman–Crippen MR) is 133 cm³/mol. The third-order valence-electron chi connectivity index (χ3n) is 5.12. The number of rotatable bonds is 10. The molecule has 0 aliphatic heterocycles. The highest BCUT2D eigenvalue weighted by Gasteiger charge is 2.28. The average Bonchev–Trinajstić information content (AvgIpc) is 2.84. The van der Waals surface area contributed by atoms with Gasteiger partial charge in [-0.25, -0.2) is 8.42 Å². The third kappa shape index (κ3) is 6.21. The maximum atomic E-state index is 13.5. The van der Waals surface area contributed by atoms with Gasteiger partial charge in [0.05, 0.1) is 30.3 Å². The Kier molecular flexibility index (Phi) is 8.41. The van der Waals surface area contributed by atoms with Crippen molar-refractivity contribution in [2.45, 2.75) is 24.8 Å². The molecule has 180 valence electrons. The quantitative estimate of drug-likeness (QED) is 0.429. The highest BCUT2D eigenvalue weighted by molar-refractivity contribution is 7.92. The molecule has 34 heavy (non-hydrogen) atoms. The minimum atomic E-state index is -4.04. The first-order valence-electron chi connectivity index (χ1n) is 10.7. The molecule has 0 radical (unpaired) electrons. The maximum Gasteiger partial charge on any atom is 0.264 e. The van der Waals surface area contributed by atoms with Crippen molar-refractivity contribution < 1.29 is 22.7 Å². The van der Waals surface area contributed by atoms with Crippen molar-refractivity contribution in [2.75, 3.05) is 24.6 Å². The molecule has 0 heterocycles. The number of methoxy groups -OCH3 is 1. The molecular formula is C25H27ClN2O5S. The first kappa shape index (κ1) is 25.4. The van der Waals surface area contributed by atoms with E-state index in [0.717, 1.165) is 15.6 Å². The van der Waals surface area contributed by atoms with Gasteiger partial charge >= 0.3 is 0 Å². The largest absolute Gasteiger partial charge is 0.497 e. The van der Waals surface area contributed by atoms with Crippen LogP contribution in [0, 0.1) is 0 Å². The molecule has 0 spiro atoms. The molecule has 3 aromatic rings. The van der Waals surface area contributed by atoms with Gasteiger partial charge in [0.25, 0.3) is 10.0 Å². The summed E-state index contributed by atoms with van der Waals surface area (Å²) in [6.45, 7) is 3.90. The molecule has 3 rings (SSSR count). The molecular weight excluding hydrogens is 476 g/mol. The number of carbonyl (C=O) groups is 1.